The Labute approximate surface area is 144 Å². The van der Waals surface area contributed by atoms with Crippen LogP contribution >= 0.6 is 11.6 Å². The number of likely N-dealkylation sites (N-methyl/N-ethyl adjacent to an activating group) is 1. The van der Waals surface area contributed by atoms with E-state index in [1.807, 2.05) is 24.3 Å². The smallest absolute Gasteiger partial charge is 0.161 e. The Morgan fingerprint density at radius 3 is 2.71 bits per heavy atom. The van der Waals surface area contributed by atoms with E-state index in [1.54, 1.807) is 0 Å². The Kier molecular flexibility index (Phi) is 3.95. The summed E-state index contributed by atoms with van der Waals surface area (Å²) in [5.74, 6) is 2.04. The highest BCUT2D eigenvalue weighted by Crippen LogP contribution is 2.32. The van der Waals surface area contributed by atoms with Gasteiger partial charge in [-0.2, -0.15) is 5.10 Å². The van der Waals surface area contributed by atoms with Gasteiger partial charge < -0.3 is 15.1 Å². The number of para-hydroxylation sites is 1. The number of fused-ring (bicyclic) bond motifs is 1. The zero-order valence-electron chi connectivity index (χ0n) is 13.3. The molecule has 7 nitrogen and oxygen atoms in total. The molecule has 2 N–H and O–H groups in total. The number of anilines is 3. The zero-order chi connectivity index (χ0) is 16.5. The molecule has 1 aliphatic heterocycles. The van der Waals surface area contributed by atoms with Crippen LogP contribution in [0.2, 0.25) is 5.02 Å². The first-order chi connectivity index (χ1) is 11.7. The van der Waals surface area contributed by atoms with Crippen LogP contribution in [0.15, 0.2) is 30.6 Å². The molecule has 1 aromatic carbocycles. The Morgan fingerprint density at radius 1 is 1.08 bits per heavy atom. The normalized spacial score (nSPS) is 15.8. The SMILES string of the molecule is CN1CCN(c2ncnc(Nc3n[nH]c4ccccc34)c2Cl)CC1. The van der Waals surface area contributed by atoms with Crippen molar-refractivity contribution in [2.75, 3.05) is 43.4 Å². The van der Waals surface area contributed by atoms with Gasteiger partial charge in [-0.25, -0.2) is 9.97 Å². The predicted molar refractivity (Wildman–Crippen MR) is 96.1 cm³/mol. The van der Waals surface area contributed by atoms with Crippen LogP contribution in [0.1, 0.15) is 0 Å². The van der Waals surface area contributed by atoms with Gasteiger partial charge in [0.05, 0.1) is 5.52 Å². The molecule has 3 aromatic rings. The number of benzene rings is 1. The molecule has 8 heteroatoms. The molecule has 24 heavy (non-hydrogen) atoms. The molecule has 0 aliphatic carbocycles. The number of aromatic amines is 1. The quantitative estimate of drug-likeness (QED) is 0.761. The first kappa shape index (κ1) is 15.2. The fourth-order valence-electron chi connectivity index (χ4n) is 2.86. The van der Waals surface area contributed by atoms with Gasteiger partial charge in [0.2, 0.25) is 0 Å². The number of rotatable bonds is 3. The highest BCUT2D eigenvalue weighted by molar-refractivity contribution is 6.35. The van der Waals surface area contributed by atoms with Gasteiger partial charge in [0, 0.05) is 31.6 Å². The average Bonchev–Trinajstić information content (AvgIpc) is 3.01. The van der Waals surface area contributed by atoms with E-state index in [0.717, 1.165) is 42.9 Å². The van der Waals surface area contributed by atoms with E-state index in [4.69, 9.17) is 11.6 Å². The number of hydrogen-bond donors (Lipinski definition) is 2. The lowest BCUT2D eigenvalue weighted by atomic mass is 10.2. The van der Waals surface area contributed by atoms with Gasteiger partial charge in [-0.15, -0.1) is 0 Å². The van der Waals surface area contributed by atoms with Crippen molar-refractivity contribution in [1.82, 2.24) is 25.1 Å². The monoisotopic (exact) mass is 343 g/mol. The Morgan fingerprint density at radius 2 is 1.88 bits per heavy atom. The summed E-state index contributed by atoms with van der Waals surface area (Å²) in [6.07, 6.45) is 1.54. The van der Waals surface area contributed by atoms with Crippen molar-refractivity contribution < 1.29 is 0 Å². The van der Waals surface area contributed by atoms with E-state index in [2.05, 4.69) is 42.3 Å². The van der Waals surface area contributed by atoms with Crippen molar-refractivity contribution in [3.05, 3.63) is 35.6 Å². The Balaban J connectivity index is 1.63. The molecule has 0 radical (unpaired) electrons. The first-order valence-corrected chi connectivity index (χ1v) is 8.24. The van der Waals surface area contributed by atoms with Gasteiger partial charge in [0.1, 0.15) is 11.3 Å². The Hall–Kier alpha value is -2.38. The van der Waals surface area contributed by atoms with Gasteiger partial charge >= 0.3 is 0 Å². The third-order valence-electron chi connectivity index (χ3n) is 4.28. The largest absolute Gasteiger partial charge is 0.353 e. The minimum atomic E-state index is 0.522. The van der Waals surface area contributed by atoms with E-state index >= 15 is 0 Å². The number of nitrogens with zero attached hydrogens (tertiary/aromatic N) is 5. The van der Waals surface area contributed by atoms with Crippen molar-refractivity contribution in [2.24, 2.45) is 0 Å². The van der Waals surface area contributed by atoms with E-state index in [1.165, 1.54) is 6.33 Å². The van der Waals surface area contributed by atoms with Gasteiger partial charge in [-0.3, -0.25) is 5.10 Å². The maximum Gasteiger partial charge on any atom is 0.161 e. The molecule has 1 fully saturated rings. The summed E-state index contributed by atoms with van der Waals surface area (Å²) in [6, 6.07) is 7.91. The standard InChI is InChI=1S/C16H18ClN7/c1-23-6-8-24(9-7-23)16-13(17)15(18-10-19-16)20-14-11-4-2-3-5-12(11)21-22-14/h2-5,10H,6-9H2,1H3,(H2,18,19,20,21,22). The molecule has 0 saturated carbocycles. The summed E-state index contributed by atoms with van der Waals surface area (Å²) in [6.45, 7) is 3.79. The summed E-state index contributed by atoms with van der Waals surface area (Å²) < 4.78 is 0. The highest BCUT2D eigenvalue weighted by Gasteiger charge is 2.20. The van der Waals surface area contributed by atoms with Crippen LogP contribution in [-0.2, 0) is 0 Å². The van der Waals surface area contributed by atoms with Crippen molar-refractivity contribution in [3.63, 3.8) is 0 Å². The van der Waals surface area contributed by atoms with Crippen molar-refractivity contribution >= 4 is 40.0 Å². The van der Waals surface area contributed by atoms with E-state index in [9.17, 15) is 0 Å². The van der Waals surface area contributed by atoms with Crippen LogP contribution in [0.3, 0.4) is 0 Å². The lowest BCUT2D eigenvalue weighted by Crippen LogP contribution is -2.45. The summed E-state index contributed by atoms with van der Waals surface area (Å²) in [4.78, 5) is 13.1. The van der Waals surface area contributed by atoms with E-state index < -0.39 is 0 Å². The topological polar surface area (TPSA) is 73.0 Å². The van der Waals surface area contributed by atoms with Gasteiger partial charge in [0.25, 0.3) is 0 Å². The number of halogens is 1. The zero-order valence-corrected chi connectivity index (χ0v) is 14.1. The lowest BCUT2D eigenvalue weighted by molar-refractivity contribution is 0.312. The Bertz CT molecular complexity index is 855. The lowest BCUT2D eigenvalue weighted by Gasteiger charge is -2.33. The molecule has 3 heterocycles. The average molecular weight is 344 g/mol. The maximum atomic E-state index is 6.57. The van der Waals surface area contributed by atoms with E-state index in [-0.39, 0.29) is 0 Å². The minimum absolute atomic E-state index is 0.522. The van der Waals surface area contributed by atoms with Gasteiger partial charge in [-0.1, -0.05) is 23.7 Å². The third kappa shape index (κ3) is 2.76. The fourth-order valence-corrected chi connectivity index (χ4v) is 3.12. The molecule has 2 aromatic heterocycles. The van der Waals surface area contributed by atoms with Crippen molar-refractivity contribution in [2.45, 2.75) is 0 Å². The second kappa shape index (κ2) is 6.26. The molecular formula is C16H18ClN7. The number of hydrogen-bond acceptors (Lipinski definition) is 6. The van der Waals surface area contributed by atoms with Gasteiger partial charge in [-0.05, 0) is 19.2 Å². The first-order valence-electron chi connectivity index (χ1n) is 7.86. The molecule has 0 atom stereocenters. The fraction of sp³-hybridized carbons (Fsp3) is 0.312. The summed E-state index contributed by atoms with van der Waals surface area (Å²) in [7, 11) is 2.12. The summed E-state index contributed by atoms with van der Waals surface area (Å²) in [5.41, 5.74) is 0.962. The molecule has 1 aliphatic rings. The summed E-state index contributed by atoms with van der Waals surface area (Å²) in [5, 5.41) is 12.0. The van der Waals surface area contributed by atoms with Crippen molar-refractivity contribution in [1.29, 1.82) is 0 Å². The number of nitrogens with one attached hydrogen (secondary N) is 2. The number of piperazine rings is 1. The molecule has 0 unspecified atom stereocenters. The third-order valence-corrected chi connectivity index (χ3v) is 4.63. The summed E-state index contributed by atoms with van der Waals surface area (Å²) >= 11 is 6.57. The maximum absolute atomic E-state index is 6.57. The minimum Gasteiger partial charge on any atom is -0.353 e. The van der Waals surface area contributed by atoms with Crippen LogP contribution in [0.25, 0.3) is 10.9 Å². The number of H-pyrrole nitrogens is 1. The van der Waals surface area contributed by atoms with Crippen molar-refractivity contribution in [3.8, 4) is 0 Å². The van der Waals surface area contributed by atoms with Crippen LogP contribution in [0.4, 0.5) is 17.5 Å². The molecule has 0 bridgehead atoms. The highest BCUT2D eigenvalue weighted by atomic mass is 35.5. The molecule has 124 valence electrons. The molecule has 4 rings (SSSR count). The molecule has 0 spiro atoms. The molecule has 0 amide bonds. The second-order valence-electron chi connectivity index (χ2n) is 5.89. The predicted octanol–water partition coefficient (Wildman–Crippen LogP) is 2.50. The molecule has 1 saturated heterocycles. The number of aromatic nitrogens is 4. The van der Waals surface area contributed by atoms with Crippen LogP contribution in [0, 0.1) is 0 Å². The van der Waals surface area contributed by atoms with E-state index in [0.29, 0.717) is 16.7 Å². The van der Waals surface area contributed by atoms with Crippen LogP contribution < -0.4 is 10.2 Å². The van der Waals surface area contributed by atoms with Crippen LogP contribution in [0.5, 0.6) is 0 Å². The van der Waals surface area contributed by atoms with Crippen LogP contribution in [-0.4, -0.2) is 58.3 Å². The second-order valence-corrected chi connectivity index (χ2v) is 6.27. The van der Waals surface area contributed by atoms with Gasteiger partial charge in [0.15, 0.2) is 17.5 Å². The molecular weight excluding hydrogens is 326 g/mol.